The molecule has 5 nitrogen and oxygen atoms in total. The van der Waals surface area contributed by atoms with E-state index < -0.39 is 14.6 Å². The zero-order chi connectivity index (χ0) is 18.8. The van der Waals surface area contributed by atoms with Crippen molar-refractivity contribution in [1.82, 2.24) is 10.2 Å². The van der Waals surface area contributed by atoms with Gasteiger partial charge in [-0.2, -0.15) is 0 Å². The smallest absolute Gasteiger partial charge is 0.243 e. The Morgan fingerprint density at radius 1 is 1.11 bits per heavy atom. The molecular weight excluding hydrogens is 384 g/mol. The van der Waals surface area contributed by atoms with Crippen LogP contribution in [0.5, 0.6) is 0 Å². The molecular formula is C20H27ClN2O3S. The first kappa shape index (κ1) is 21.7. The highest BCUT2D eigenvalue weighted by Crippen LogP contribution is 2.30. The second-order valence-corrected chi connectivity index (χ2v) is 9.46. The van der Waals surface area contributed by atoms with Crippen molar-refractivity contribution in [3.8, 4) is 0 Å². The molecule has 0 unspecified atom stereocenters. The van der Waals surface area contributed by atoms with E-state index >= 15 is 0 Å². The number of likely N-dealkylation sites (N-methyl/N-ethyl adjacent to an activating group) is 1. The van der Waals surface area contributed by atoms with E-state index in [1.807, 2.05) is 18.2 Å². The second-order valence-electron chi connectivity index (χ2n) is 7.13. The molecule has 3 rings (SSSR count). The van der Waals surface area contributed by atoms with Gasteiger partial charge in [-0.1, -0.05) is 42.5 Å². The van der Waals surface area contributed by atoms with Crippen molar-refractivity contribution in [2.45, 2.75) is 24.0 Å². The number of halogens is 1. The molecule has 1 aliphatic heterocycles. The lowest BCUT2D eigenvalue weighted by molar-refractivity contribution is -0.133. The third-order valence-electron chi connectivity index (χ3n) is 5.45. The van der Waals surface area contributed by atoms with Crippen LogP contribution in [0.25, 0.3) is 10.8 Å². The number of amides is 1. The summed E-state index contributed by atoms with van der Waals surface area (Å²) < 4.78 is 23.6. The summed E-state index contributed by atoms with van der Waals surface area (Å²) in [6.45, 7) is 1.60. The van der Waals surface area contributed by atoms with E-state index in [0.717, 1.165) is 0 Å². The first-order valence-electron chi connectivity index (χ1n) is 8.98. The van der Waals surface area contributed by atoms with E-state index in [2.05, 4.69) is 29.6 Å². The maximum atomic E-state index is 13.1. The quantitative estimate of drug-likeness (QED) is 0.822. The second kappa shape index (κ2) is 8.59. The minimum absolute atomic E-state index is 0. The minimum Gasteiger partial charge on any atom is -0.344 e. The van der Waals surface area contributed by atoms with Gasteiger partial charge in [0.2, 0.25) is 5.91 Å². The Morgan fingerprint density at radius 3 is 2.41 bits per heavy atom. The molecule has 0 bridgehead atoms. The molecule has 7 heteroatoms. The molecule has 1 aliphatic rings. The highest BCUT2D eigenvalue weighted by atomic mass is 35.5. The lowest BCUT2D eigenvalue weighted by Crippen LogP contribution is -2.57. The van der Waals surface area contributed by atoms with Crippen LogP contribution < -0.4 is 5.32 Å². The Bertz CT molecular complexity index is 903. The van der Waals surface area contributed by atoms with E-state index in [1.165, 1.54) is 22.6 Å². The highest BCUT2D eigenvalue weighted by molar-refractivity contribution is 7.92. The van der Waals surface area contributed by atoms with Crippen molar-refractivity contribution in [1.29, 1.82) is 0 Å². The summed E-state index contributed by atoms with van der Waals surface area (Å²) in [5.41, 5.74) is 1.17. The van der Waals surface area contributed by atoms with Gasteiger partial charge in [-0.05, 0) is 48.7 Å². The van der Waals surface area contributed by atoms with Crippen LogP contribution in [0.2, 0.25) is 0 Å². The van der Waals surface area contributed by atoms with Gasteiger partial charge in [0.25, 0.3) is 0 Å². The summed E-state index contributed by atoms with van der Waals surface area (Å²) in [6, 6.07) is 14.3. The zero-order valence-electron chi connectivity index (χ0n) is 15.8. The number of sulfone groups is 1. The van der Waals surface area contributed by atoms with E-state index in [-0.39, 0.29) is 18.3 Å². The highest BCUT2D eigenvalue weighted by Gasteiger charge is 2.49. The lowest BCUT2D eigenvalue weighted by Gasteiger charge is -2.37. The van der Waals surface area contributed by atoms with Gasteiger partial charge in [0.15, 0.2) is 14.6 Å². The van der Waals surface area contributed by atoms with E-state index in [4.69, 9.17) is 0 Å². The van der Waals surface area contributed by atoms with Gasteiger partial charge in [-0.3, -0.25) is 4.79 Å². The van der Waals surface area contributed by atoms with Crippen molar-refractivity contribution >= 4 is 38.9 Å². The van der Waals surface area contributed by atoms with E-state index in [9.17, 15) is 13.2 Å². The van der Waals surface area contributed by atoms with E-state index in [1.54, 1.807) is 11.9 Å². The molecule has 1 saturated heterocycles. The van der Waals surface area contributed by atoms with Gasteiger partial charge in [0, 0.05) is 19.8 Å². The molecule has 1 fully saturated rings. The molecule has 27 heavy (non-hydrogen) atoms. The fourth-order valence-electron chi connectivity index (χ4n) is 3.82. The van der Waals surface area contributed by atoms with Crippen LogP contribution in [0.15, 0.2) is 42.5 Å². The van der Waals surface area contributed by atoms with Crippen molar-refractivity contribution in [3.05, 3.63) is 48.0 Å². The number of rotatable bonds is 5. The van der Waals surface area contributed by atoms with Crippen LogP contribution in [0.4, 0.5) is 0 Å². The molecule has 0 aliphatic carbocycles. The molecule has 0 aromatic heterocycles. The largest absolute Gasteiger partial charge is 0.344 e. The van der Waals surface area contributed by atoms with Crippen LogP contribution in [0.1, 0.15) is 18.4 Å². The van der Waals surface area contributed by atoms with E-state index in [0.29, 0.717) is 38.9 Å². The third kappa shape index (κ3) is 4.28. The molecule has 1 amide bonds. The van der Waals surface area contributed by atoms with Crippen molar-refractivity contribution < 1.29 is 13.2 Å². The molecule has 0 radical (unpaired) electrons. The molecule has 1 N–H and O–H groups in total. The number of piperidine rings is 1. The summed E-state index contributed by atoms with van der Waals surface area (Å²) in [5, 5.41) is 5.50. The minimum atomic E-state index is -3.48. The Labute approximate surface area is 167 Å². The van der Waals surface area contributed by atoms with Gasteiger partial charge in [-0.15, -0.1) is 12.4 Å². The number of nitrogens with zero attached hydrogens (tertiary/aromatic N) is 1. The summed E-state index contributed by atoms with van der Waals surface area (Å²) in [6.07, 6.45) is 2.56. The summed E-state index contributed by atoms with van der Waals surface area (Å²) >= 11 is 0. The number of fused-ring (bicyclic) bond motifs is 1. The van der Waals surface area contributed by atoms with Crippen LogP contribution in [0.3, 0.4) is 0 Å². The van der Waals surface area contributed by atoms with Gasteiger partial charge in [0.1, 0.15) is 0 Å². The maximum absolute atomic E-state index is 13.1. The number of carbonyl (C=O) groups excluding carboxylic acids is 1. The Morgan fingerprint density at radius 2 is 1.74 bits per heavy atom. The van der Waals surface area contributed by atoms with Crippen molar-refractivity contribution in [3.63, 3.8) is 0 Å². The fraction of sp³-hybridized carbons (Fsp3) is 0.450. The number of hydrogen-bond donors (Lipinski definition) is 1. The molecule has 148 valence electrons. The SMILES string of the molecule is CN(CCc1cccc2ccccc12)C(=O)C1(S(C)(=O)=O)CCNCC1.Cl. The predicted molar refractivity (Wildman–Crippen MR) is 112 cm³/mol. The summed E-state index contributed by atoms with van der Waals surface area (Å²) in [5.74, 6) is -0.276. The predicted octanol–water partition coefficient (Wildman–Crippen LogP) is 2.43. The standard InChI is InChI=1S/C20H26N2O3S.ClH/c1-22(19(23)20(26(2,24)25)11-13-21-14-12-20)15-10-17-8-5-7-16-6-3-4-9-18(16)17;/h3-9,21H,10-15H2,1-2H3;1H. The molecule has 0 spiro atoms. The Hall–Kier alpha value is -1.63. The number of nitrogens with one attached hydrogen (secondary N) is 1. The van der Waals surface area contributed by atoms with Crippen LogP contribution in [0, 0.1) is 0 Å². The van der Waals surface area contributed by atoms with Gasteiger partial charge in [0.05, 0.1) is 0 Å². The first-order chi connectivity index (χ1) is 12.3. The average Bonchev–Trinajstić information content (AvgIpc) is 2.65. The first-order valence-corrected chi connectivity index (χ1v) is 10.9. The van der Waals surface area contributed by atoms with Crippen LogP contribution in [-0.4, -0.2) is 56.9 Å². The average molecular weight is 411 g/mol. The summed E-state index contributed by atoms with van der Waals surface area (Å²) in [7, 11) is -1.77. The van der Waals surface area contributed by atoms with Gasteiger partial charge in [-0.25, -0.2) is 8.42 Å². The topological polar surface area (TPSA) is 66.5 Å². The molecule has 2 aromatic carbocycles. The summed E-state index contributed by atoms with van der Waals surface area (Å²) in [4.78, 5) is 14.7. The van der Waals surface area contributed by atoms with Crippen molar-refractivity contribution in [2.75, 3.05) is 32.9 Å². The monoisotopic (exact) mass is 410 g/mol. The molecule has 0 saturated carbocycles. The third-order valence-corrected chi connectivity index (χ3v) is 7.46. The van der Waals surface area contributed by atoms with Gasteiger partial charge >= 0.3 is 0 Å². The Balaban J connectivity index is 0.00000261. The molecule has 2 aromatic rings. The number of hydrogen-bond acceptors (Lipinski definition) is 4. The fourth-order valence-corrected chi connectivity index (χ4v) is 5.24. The molecule has 1 heterocycles. The van der Waals surface area contributed by atoms with Gasteiger partial charge < -0.3 is 10.2 Å². The van der Waals surface area contributed by atoms with Crippen LogP contribution >= 0.6 is 12.4 Å². The molecule has 0 atom stereocenters. The number of carbonyl (C=O) groups is 1. The van der Waals surface area contributed by atoms with Crippen molar-refractivity contribution in [2.24, 2.45) is 0 Å². The van der Waals surface area contributed by atoms with Crippen LogP contribution in [-0.2, 0) is 21.1 Å². The maximum Gasteiger partial charge on any atom is 0.243 e. The zero-order valence-corrected chi connectivity index (χ0v) is 17.4. The number of benzene rings is 2. The normalized spacial score (nSPS) is 16.5. The Kier molecular flexibility index (Phi) is 6.89. The lowest BCUT2D eigenvalue weighted by atomic mass is 9.95.